The van der Waals surface area contributed by atoms with Gasteiger partial charge >= 0.3 is 5.97 Å². The summed E-state index contributed by atoms with van der Waals surface area (Å²) in [7, 11) is 0. The molecule has 2 atom stereocenters. The lowest BCUT2D eigenvalue weighted by molar-refractivity contribution is -0.138. The van der Waals surface area contributed by atoms with Gasteiger partial charge in [0.1, 0.15) is 6.02 Å². The molecule has 0 saturated heterocycles. The molecule has 1 aromatic carbocycles. The van der Waals surface area contributed by atoms with Gasteiger partial charge in [-0.2, -0.15) is 0 Å². The molecule has 5 N–H and O–H groups in total. The quantitative estimate of drug-likeness (QED) is 0.540. The first-order valence-corrected chi connectivity index (χ1v) is 4.51. The minimum atomic E-state index is -2.82. The molecule has 0 aliphatic carbocycles. The maximum absolute atomic E-state index is 12.0. The summed E-state index contributed by atoms with van der Waals surface area (Å²) in [5.74, 6) is -2.93. The highest BCUT2D eigenvalue weighted by Crippen LogP contribution is 2.19. The van der Waals surface area contributed by atoms with Crippen LogP contribution >= 0.6 is 11.6 Å². The average molecular weight is 246 g/mol. The van der Waals surface area contributed by atoms with Crippen molar-refractivity contribution in [3.05, 3.63) is 28.8 Å². The zero-order chi connectivity index (χ0) is 15.0. The number of halogens is 1. The Labute approximate surface area is 101 Å². The smallest absolute Gasteiger partial charge is 0.320 e. The lowest BCUT2D eigenvalue weighted by Gasteiger charge is -2.07. The summed E-state index contributed by atoms with van der Waals surface area (Å²) in [5.41, 5.74) is 10.1. The Balaban J connectivity index is 3.26. The number of carbonyl (C=O) groups excluding carboxylic acids is 1. The number of benzene rings is 1. The summed E-state index contributed by atoms with van der Waals surface area (Å²) < 4.78 is 22.3. The van der Waals surface area contributed by atoms with E-state index in [9.17, 15) is 9.59 Å². The fraction of sp³-hybridized carbons (Fsp3) is 0.200. The van der Waals surface area contributed by atoms with Gasteiger partial charge in [0.25, 0.3) is 0 Å². The summed E-state index contributed by atoms with van der Waals surface area (Å²) in [4.78, 5) is 22.7. The molecule has 0 saturated carbocycles. The van der Waals surface area contributed by atoms with E-state index in [-0.39, 0.29) is 22.3 Å². The third kappa shape index (κ3) is 2.95. The van der Waals surface area contributed by atoms with Crippen LogP contribution in [0, 0.1) is 0 Å². The molecule has 0 aliphatic rings. The number of Topliss-reactive ketones (excluding diaryl/α,β-unsaturated/α-hetero) is 1. The van der Waals surface area contributed by atoms with Gasteiger partial charge in [-0.15, -0.1) is 0 Å². The first-order valence-electron chi connectivity index (χ1n) is 5.71. The lowest BCUT2D eigenvalue weighted by Crippen LogP contribution is -2.32. The number of carbonyl (C=O) groups is 2. The van der Waals surface area contributed by atoms with Crippen molar-refractivity contribution < 1.29 is 18.8 Å². The number of hydrogen-bond donors (Lipinski definition) is 3. The molecule has 1 rings (SSSR count). The molecule has 16 heavy (non-hydrogen) atoms. The van der Waals surface area contributed by atoms with Crippen LogP contribution in [0.3, 0.4) is 0 Å². The second kappa shape index (κ2) is 4.96. The third-order valence-corrected chi connectivity index (χ3v) is 1.93. The Bertz CT molecular complexity index is 528. The van der Waals surface area contributed by atoms with Gasteiger partial charge in [-0.3, -0.25) is 9.59 Å². The van der Waals surface area contributed by atoms with Gasteiger partial charge in [-0.25, -0.2) is 0 Å². The number of nitrogens with two attached hydrogens (primary N) is 2. The van der Waals surface area contributed by atoms with Crippen LogP contribution in [0.15, 0.2) is 18.2 Å². The second-order valence-electron chi connectivity index (χ2n) is 2.92. The van der Waals surface area contributed by atoms with Crippen molar-refractivity contribution >= 4 is 29.0 Å². The van der Waals surface area contributed by atoms with Crippen LogP contribution in [0.1, 0.15) is 20.9 Å². The molecule has 0 aliphatic heterocycles. The van der Waals surface area contributed by atoms with Gasteiger partial charge in [0.15, 0.2) is 5.78 Å². The highest BCUT2D eigenvalue weighted by Gasteiger charge is 2.18. The summed E-state index contributed by atoms with van der Waals surface area (Å²) in [6.07, 6.45) is -2.11. The van der Waals surface area contributed by atoms with E-state index in [0.717, 1.165) is 6.07 Å². The molecule has 0 heterocycles. The monoisotopic (exact) mass is 245 g/mol. The normalized spacial score (nSPS) is 18.8. The van der Waals surface area contributed by atoms with Crippen LogP contribution in [0.4, 0.5) is 5.69 Å². The van der Waals surface area contributed by atoms with E-state index in [1.165, 1.54) is 6.07 Å². The van der Waals surface area contributed by atoms with Crippen LogP contribution in [-0.2, 0) is 4.79 Å². The fourth-order valence-corrected chi connectivity index (χ4v) is 1.15. The van der Waals surface area contributed by atoms with Crippen molar-refractivity contribution in [1.82, 2.24) is 0 Å². The number of hydrogen-bond acceptors (Lipinski definition) is 4. The highest BCUT2D eigenvalue weighted by atomic mass is 35.5. The van der Waals surface area contributed by atoms with E-state index in [2.05, 4.69) is 0 Å². The van der Waals surface area contributed by atoms with Crippen LogP contribution in [0.5, 0.6) is 0 Å². The number of aliphatic carboxylic acids is 1. The number of rotatable bonds is 4. The summed E-state index contributed by atoms with van der Waals surface area (Å²) in [5, 5.41) is 8.83. The van der Waals surface area contributed by atoms with Crippen molar-refractivity contribution in [2.45, 2.75) is 12.4 Å². The van der Waals surface area contributed by atoms with Crippen LogP contribution in [0.2, 0.25) is 5.02 Å². The molecule has 6 heteroatoms. The van der Waals surface area contributed by atoms with Gasteiger partial charge in [-0.1, -0.05) is 11.6 Å². The molecule has 0 fully saturated rings. The Morgan fingerprint density at radius 2 is 2.38 bits per heavy atom. The van der Waals surface area contributed by atoms with E-state index < -0.39 is 24.2 Å². The Morgan fingerprint density at radius 1 is 1.75 bits per heavy atom. The van der Waals surface area contributed by atoms with Crippen LogP contribution < -0.4 is 11.5 Å². The lowest BCUT2D eigenvalue weighted by atomic mass is 10.0. The van der Waals surface area contributed by atoms with E-state index >= 15 is 0 Å². The minimum Gasteiger partial charge on any atom is -0.480 e. The molecule has 1 aromatic rings. The summed E-state index contributed by atoms with van der Waals surface area (Å²) in [6, 6.07) is -0.854. The molecule has 0 amide bonds. The largest absolute Gasteiger partial charge is 0.480 e. The highest BCUT2D eigenvalue weighted by molar-refractivity contribution is 6.31. The maximum atomic E-state index is 12.0. The SMILES string of the molecule is [2H]c1cc(Cl)cc(N)c1C(=O)C([2H])C([2H])(N)C(=O)O. The van der Waals surface area contributed by atoms with Crippen molar-refractivity contribution in [3.63, 3.8) is 0 Å². The van der Waals surface area contributed by atoms with Gasteiger partial charge in [0, 0.05) is 24.0 Å². The van der Waals surface area contributed by atoms with Crippen molar-refractivity contribution in [1.29, 1.82) is 0 Å². The van der Waals surface area contributed by atoms with Crippen LogP contribution in [0.25, 0.3) is 0 Å². The second-order valence-corrected chi connectivity index (χ2v) is 3.35. The van der Waals surface area contributed by atoms with Crippen LogP contribution in [-0.4, -0.2) is 22.9 Å². The Morgan fingerprint density at radius 3 is 2.88 bits per heavy atom. The molecule has 2 unspecified atom stereocenters. The van der Waals surface area contributed by atoms with Gasteiger partial charge in [0.05, 0.1) is 2.74 Å². The molecular weight excluding hydrogens is 232 g/mol. The number of ketones is 1. The molecule has 0 radical (unpaired) electrons. The number of carboxylic acids is 1. The number of anilines is 1. The van der Waals surface area contributed by atoms with Gasteiger partial charge < -0.3 is 16.6 Å². The zero-order valence-electron chi connectivity index (χ0n) is 11.0. The minimum absolute atomic E-state index is 0.128. The zero-order valence-corrected chi connectivity index (χ0v) is 8.78. The van der Waals surface area contributed by atoms with E-state index in [1.54, 1.807) is 0 Å². The summed E-state index contributed by atoms with van der Waals surface area (Å²) in [6.45, 7) is 0. The van der Waals surface area contributed by atoms with Crippen molar-refractivity contribution in [3.8, 4) is 0 Å². The molecule has 0 bridgehead atoms. The molecular formula is C10H11ClN2O3. The van der Waals surface area contributed by atoms with Crippen molar-refractivity contribution in [2.75, 3.05) is 5.73 Å². The summed E-state index contributed by atoms with van der Waals surface area (Å²) >= 11 is 5.63. The predicted molar refractivity (Wildman–Crippen MR) is 60.4 cm³/mol. The predicted octanol–water partition coefficient (Wildman–Crippen LogP) is 0.907. The molecule has 0 aromatic heterocycles. The third-order valence-electron chi connectivity index (χ3n) is 1.72. The molecule has 5 nitrogen and oxygen atoms in total. The number of nitrogen functional groups attached to an aromatic ring is 1. The van der Waals surface area contributed by atoms with Gasteiger partial charge in [-0.05, 0) is 18.2 Å². The first kappa shape index (κ1) is 8.55. The van der Waals surface area contributed by atoms with E-state index in [4.69, 9.17) is 32.3 Å². The number of carboxylic acid groups (broad SMARTS) is 1. The topological polar surface area (TPSA) is 106 Å². The van der Waals surface area contributed by atoms with Crippen molar-refractivity contribution in [2.24, 2.45) is 5.73 Å². The molecule has 86 valence electrons. The van der Waals surface area contributed by atoms with E-state index in [1.807, 2.05) is 0 Å². The van der Waals surface area contributed by atoms with E-state index in [0.29, 0.717) is 0 Å². The molecule has 0 spiro atoms. The fourth-order valence-electron chi connectivity index (χ4n) is 0.975. The average Bonchev–Trinajstić information content (AvgIpc) is 2.25. The maximum Gasteiger partial charge on any atom is 0.320 e. The Hall–Kier alpha value is -1.59. The van der Waals surface area contributed by atoms with Gasteiger partial charge in [0.2, 0.25) is 0 Å². The Kier molecular flexibility index (Phi) is 2.65. The first-order chi connectivity index (χ1) is 8.59. The standard InChI is InChI=1S/C10H11ClN2O3/c11-5-1-2-6(7(12)3-5)9(14)4-8(13)10(15)16/h1-3,8H,4,12-13H2,(H,15,16)/i2D,4D,8D.